The van der Waals surface area contributed by atoms with Gasteiger partial charge in [0.1, 0.15) is 11.0 Å². The van der Waals surface area contributed by atoms with Crippen LogP contribution in [0.1, 0.15) is 51.0 Å². The Bertz CT molecular complexity index is 971. The van der Waals surface area contributed by atoms with Gasteiger partial charge < -0.3 is 14.6 Å². The van der Waals surface area contributed by atoms with Crippen LogP contribution in [0, 0.1) is 13.8 Å². The monoisotopic (exact) mass is 427 g/mol. The fourth-order valence-corrected chi connectivity index (χ4v) is 5.68. The number of rotatable bonds is 6. The molecule has 0 aliphatic carbocycles. The number of furan rings is 1. The van der Waals surface area contributed by atoms with E-state index in [0.717, 1.165) is 18.1 Å². The Kier molecular flexibility index (Phi) is 6.13. The molecular weight excluding hydrogens is 400 g/mol. The summed E-state index contributed by atoms with van der Waals surface area (Å²) in [6.07, 6.45) is 6.15. The zero-order valence-electron chi connectivity index (χ0n) is 17.1. The van der Waals surface area contributed by atoms with E-state index < -0.39 is 0 Å². The highest BCUT2D eigenvalue weighted by molar-refractivity contribution is 7.98. The van der Waals surface area contributed by atoms with Crippen LogP contribution in [0.5, 0.6) is 0 Å². The van der Waals surface area contributed by atoms with Crippen LogP contribution >= 0.6 is 23.1 Å². The van der Waals surface area contributed by atoms with Crippen LogP contribution in [0.25, 0.3) is 0 Å². The number of quaternary nitrogens is 1. The maximum absolute atomic E-state index is 12.7. The molecule has 4 rings (SSSR count). The maximum Gasteiger partial charge on any atom is 0.291 e. The van der Waals surface area contributed by atoms with Crippen molar-refractivity contribution >= 4 is 34.0 Å². The molecule has 2 aromatic heterocycles. The van der Waals surface area contributed by atoms with Crippen molar-refractivity contribution in [1.29, 1.82) is 0 Å². The molecule has 2 N–H and O–H groups in total. The first-order valence-corrected chi connectivity index (χ1v) is 12.1. The molecule has 1 saturated heterocycles. The average molecular weight is 428 g/mol. The van der Waals surface area contributed by atoms with Crippen molar-refractivity contribution < 1.29 is 14.1 Å². The summed E-state index contributed by atoms with van der Waals surface area (Å²) in [7, 11) is 0. The summed E-state index contributed by atoms with van der Waals surface area (Å²) >= 11 is 3.43. The van der Waals surface area contributed by atoms with Gasteiger partial charge in [-0.05, 0) is 49.9 Å². The minimum absolute atomic E-state index is 0.189. The fourth-order valence-electron chi connectivity index (χ4n) is 4.18. The average Bonchev–Trinajstić information content (AvgIpc) is 3.49. The second-order valence-corrected chi connectivity index (χ2v) is 9.63. The van der Waals surface area contributed by atoms with Gasteiger partial charge in [0.25, 0.3) is 5.91 Å². The number of aryl methyl sites for hydroxylation is 1. The molecule has 3 aromatic rings. The molecule has 3 heterocycles. The highest BCUT2D eigenvalue weighted by atomic mass is 32.2. The zero-order valence-corrected chi connectivity index (χ0v) is 18.7. The summed E-state index contributed by atoms with van der Waals surface area (Å²) in [6, 6.07) is 12.6. The van der Waals surface area contributed by atoms with Crippen LogP contribution in [0.4, 0.5) is 5.00 Å². The van der Waals surface area contributed by atoms with Crippen LogP contribution < -0.4 is 10.2 Å². The molecule has 152 valence electrons. The Morgan fingerprint density at radius 2 is 1.90 bits per heavy atom. The standard InChI is InChI=1S/C23H26N2O2S2/c1-15-16(2)29-23(24-22(26)19-7-6-14-27-19)20(15)21(25-12-4-5-13-25)17-8-10-18(28-3)11-9-17/h6-11,14,21H,4-5,12-13H2,1-3H3,(H,24,26)/p+1. The van der Waals surface area contributed by atoms with Crippen LogP contribution in [-0.2, 0) is 0 Å². The Balaban J connectivity index is 1.76. The van der Waals surface area contributed by atoms with E-state index in [2.05, 4.69) is 49.7 Å². The molecule has 1 unspecified atom stereocenters. The number of carbonyl (C=O) groups is 1. The van der Waals surface area contributed by atoms with Crippen molar-refractivity contribution in [2.75, 3.05) is 24.7 Å². The number of amides is 1. The molecule has 0 saturated carbocycles. The molecule has 6 heteroatoms. The fraction of sp³-hybridized carbons (Fsp3) is 0.348. The summed E-state index contributed by atoms with van der Waals surface area (Å²) in [5.41, 5.74) is 3.85. The third-order valence-corrected chi connectivity index (χ3v) is 7.68. The first-order chi connectivity index (χ1) is 14.1. The molecule has 1 fully saturated rings. The quantitative estimate of drug-likeness (QED) is 0.561. The largest absolute Gasteiger partial charge is 0.459 e. The maximum atomic E-state index is 12.7. The molecule has 0 bridgehead atoms. The highest BCUT2D eigenvalue weighted by Crippen LogP contribution is 2.39. The Labute approximate surface area is 180 Å². The van der Waals surface area contributed by atoms with Gasteiger partial charge in [-0.3, -0.25) is 4.79 Å². The minimum atomic E-state index is -0.189. The van der Waals surface area contributed by atoms with Gasteiger partial charge in [-0.15, -0.1) is 23.1 Å². The topological polar surface area (TPSA) is 46.7 Å². The van der Waals surface area contributed by atoms with Gasteiger partial charge in [-0.25, -0.2) is 0 Å². The van der Waals surface area contributed by atoms with Gasteiger partial charge in [0.05, 0.1) is 24.9 Å². The molecular formula is C23H27N2O2S2+. The van der Waals surface area contributed by atoms with E-state index in [1.165, 1.54) is 45.6 Å². The van der Waals surface area contributed by atoms with E-state index in [1.807, 2.05) is 0 Å². The normalized spacial score (nSPS) is 15.6. The van der Waals surface area contributed by atoms with Crippen LogP contribution in [-0.4, -0.2) is 25.3 Å². The van der Waals surface area contributed by atoms with E-state index in [9.17, 15) is 4.79 Å². The Hall–Kier alpha value is -2.02. The van der Waals surface area contributed by atoms with Gasteiger partial charge >= 0.3 is 0 Å². The predicted molar refractivity (Wildman–Crippen MR) is 120 cm³/mol. The SMILES string of the molecule is CSc1ccc(C(c2c(NC(=O)c3ccco3)sc(C)c2C)[NH+]2CCCC2)cc1. The third kappa shape index (κ3) is 4.15. The number of hydrogen-bond donors (Lipinski definition) is 2. The first kappa shape index (κ1) is 20.3. The van der Waals surface area contributed by atoms with Gasteiger partial charge in [-0.1, -0.05) is 12.1 Å². The van der Waals surface area contributed by atoms with Crippen molar-refractivity contribution in [3.05, 3.63) is 70.0 Å². The zero-order chi connectivity index (χ0) is 20.4. The number of hydrogen-bond acceptors (Lipinski definition) is 4. The predicted octanol–water partition coefficient (Wildman–Crippen LogP) is 4.70. The summed E-state index contributed by atoms with van der Waals surface area (Å²) < 4.78 is 5.30. The lowest BCUT2D eigenvalue weighted by molar-refractivity contribution is -0.913. The smallest absolute Gasteiger partial charge is 0.291 e. The molecule has 1 atom stereocenters. The van der Waals surface area contributed by atoms with E-state index in [-0.39, 0.29) is 11.9 Å². The van der Waals surface area contributed by atoms with Crippen molar-refractivity contribution in [3.63, 3.8) is 0 Å². The van der Waals surface area contributed by atoms with Gasteiger partial charge in [-0.2, -0.15) is 0 Å². The van der Waals surface area contributed by atoms with Crippen molar-refractivity contribution in [2.24, 2.45) is 0 Å². The number of thioether (sulfide) groups is 1. The van der Waals surface area contributed by atoms with Crippen molar-refractivity contribution in [2.45, 2.75) is 37.6 Å². The second-order valence-electron chi connectivity index (χ2n) is 7.53. The van der Waals surface area contributed by atoms with E-state index >= 15 is 0 Å². The van der Waals surface area contributed by atoms with E-state index in [1.54, 1.807) is 40.1 Å². The number of thiophene rings is 1. The number of likely N-dealkylation sites (tertiary alicyclic amines) is 1. The van der Waals surface area contributed by atoms with Crippen LogP contribution in [0.3, 0.4) is 0 Å². The lowest BCUT2D eigenvalue weighted by Gasteiger charge is -2.26. The van der Waals surface area contributed by atoms with Gasteiger partial charge in [0, 0.05) is 28.2 Å². The number of carbonyl (C=O) groups excluding carboxylic acids is 1. The second kappa shape index (κ2) is 8.78. The van der Waals surface area contributed by atoms with Gasteiger partial charge in [0.15, 0.2) is 5.76 Å². The molecule has 29 heavy (non-hydrogen) atoms. The summed E-state index contributed by atoms with van der Waals surface area (Å²) in [5.74, 6) is 0.152. The van der Waals surface area contributed by atoms with E-state index in [0.29, 0.717) is 5.76 Å². The summed E-state index contributed by atoms with van der Waals surface area (Å²) in [5, 5.41) is 4.08. The molecule has 1 aliphatic heterocycles. The summed E-state index contributed by atoms with van der Waals surface area (Å²) in [4.78, 5) is 16.8. The van der Waals surface area contributed by atoms with Crippen LogP contribution in [0.15, 0.2) is 52.0 Å². The lowest BCUT2D eigenvalue weighted by Crippen LogP contribution is -3.10. The van der Waals surface area contributed by atoms with Crippen molar-refractivity contribution in [3.8, 4) is 0 Å². The van der Waals surface area contributed by atoms with E-state index in [4.69, 9.17) is 4.42 Å². The molecule has 1 aliphatic rings. The Morgan fingerprint density at radius 1 is 1.17 bits per heavy atom. The number of anilines is 1. The summed E-state index contributed by atoms with van der Waals surface area (Å²) in [6.45, 7) is 6.64. The molecule has 1 aromatic carbocycles. The molecule has 1 amide bonds. The highest BCUT2D eigenvalue weighted by Gasteiger charge is 2.34. The minimum Gasteiger partial charge on any atom is -0.459 e. The first-order valence-electron chi connectivity index (χ1n) is 10.0. The lowest BCUT2D eigenvalue weighted by atomic mass is 9.95. The third-order valence-electron chi connectivity index (χ3n) is 5.80. The molecule has 0 radical (unpaired) electrons. The molecule has 0 spiro atoms. The van der Waals surface area contributed by atoms with Crippen LogP contribution in [0.2, 0.25) is 0 Å². The molecule has 4 nitrogen and oxygen atoms in total. The number of benzene rings is 1. The number of nitrogens with one attached hydrogen (secondary N) is 2. The Morgan fingerprint density at radius 3 is 2.52 bits per heavy atom. The van der Waals surface area contributed by atoms with Gasteiger partial charge in [0.2, 0.25) is 0 Å². The van der Waals surface area contributed by atoms with Crippen molar-refractivity contribution in [1.82, 2.24) is 0 Å².